The average Bonchev–Trinajstić information content (AvgIpc) is 3.20. The number of aliphatic hydroxyl groups is 1. The molecule has 6 heteroatoms. The molecule has 5 rings (SSSR count). The third-order valence-corrected chi connectivity index (χ3v) is 5.30. The summed E-state index contributed by atoms with van der Waals surface area (Å²) in [6.07, 6.45) is 2.55. The number of nitrogens with zero attached hydrogens (tertiary/aromatic N) is 3. The van der Waals surface area contributed by atoms with Gasteiger partial charge in [-0.05, 0) is 28.8 Å². The fourth-order valence-corrected chi connectivity index (χ4v) is 3.97. The summed E-state index contributed by atoms with van der Waals surface area (Å²) in [6.45, 7) is 2.73. The number of aliphatic hydroxyl groups excluding tert-OH is 1. The maximum Gasteiger partial charge on any atom is 0.272 e. The minimum absolute atomic E-state index is 0.143. The Morgan fingerprint density at radius 1 is 0.967 bits per heavy atom. The summed E-state index contributed by atoms with van der Waals surface area (Å²) in [5.74, 6) is 0. The molecule has 4 aromatic rings. The largest absolute Gasteiger partial charge is 0.400 e. The molecule has 2 aromatic heterocycles. The van der Waals surface area contributed by atoms with Crippen LogP contribution in [0.2, 0.25) is 0 Å². The van der Waals surface area contributed by atoms with Gasteiger partial charge in [0.2, 0.25) is 0 Å². The van der Waals surface area contributed by atoms with Crippen LogP contribution in [-0.4, -0.2) is 32.3 Å². The van der Waals surface area contributed by atoms with Gasteiger partial charge < -0.3 is 5.11 Å². The van der Waals surface area contributed by atoms with Crippen molar-refractivity contribution in [1.82, 2.24) is 20.1 Å². The lowest BCUT2D eigenvalue weighted by Crippen LogP contribution is -2.16. The summed E-state index contributed by atoms with van der Waals surface area (Å²) >= 11 is 0. The molecule has 1 aliphatic rings. The molecular formula is C24H24N4O2. The zero-order chi connectivity index (χ0) is 20.9. The number of aromatic amines is 1. The summed E-state index contributed by atoms with van der Waals surface area (Å²) in [7, 11) is 1.00. The highest BCUT2D eigenvalue weighted by molar-refractivity contribution is 5.83. The van der Waals surface area contributed by atoms with E-state index in [9.17, 15) is 4.79 Å². The second-order valence-electron chi connectivity index (χ2n) is 7.30. The van der Waals surface area contributed by atoms with E-state index in [1.807, 2.05) is 36.5 Å². The van der Waals surface area contributed by atoms with Gasteiger partial charge in [-0.2, -0.15) is 5.10 Å². The van der Waals surface area contributed by atoms with Crippen LogP contribution in [0.25, 0.3) is 10.8 Å². The number of aromatic nitrogens is 3. The maximum absolute atomic E-state index is 12.0. The van der Waals surface area contributed by atoms with Crippen molar-refractivity contribution in [2.24, 2.45) is 0 Å². The number of hydrogen-bond acceptors (Lipinski definition) is 5. The van der Waals surface area contributed by atoms with E-state index in [1.165, 1.54) is 22.4 Å². The van der Waals surface area contributed by atoms with E-state index < -0.39 is 0 Å². The fraction of sp³-hybridized carbons (Fsp3) is 0.208. The topological polar surface area (TPSA) is 82.1 Å². The number of H-pyrrole nitrogens is 1. The fourth-order valence-electron chi connectivity index (χ4n) is 3.97. The quantitative estimate of drug-likeness (QED) is 0.550. The molecule has 0 amide bonds. The molecule has 2 aromatic carbocycles. The second kappa shape index (κ2) is 8.98. The highest BCUT2D eigenvalue weighted by Gasteiger charge is 2.19. The molecule has 1 aliphatic heterocycles. The number of fused-ring (bicyclic) bond motifs is 2. The van der Waals surface area contributed by atoms with Crippen LogP contribution in [0.3, 0.4) is 0 Å². The molecule has 0 radical (unpaired) electrons. The first-order valence-corrected chi connectivity index (χ1v) is 9.90. The van der Waals surface area contributed by atoms with Crippen LogP contribution in [0.1, 0.15) is 28.1 Å². The van der Waals surface area contributed by atoms with Crippen molar-refractivity contribution in [1.29, 1.82) is 0 Å². The first-order valence-electron chi connectivity index (χ1n) is 9.90. The van der Waals surface area contributed by atoms with Gasteiger partial charge in [-0.1, -0.05) is 48.5 Å². The molecule has 0 unspecified atom stereocenters. The average molecular weight is 400 g/mol. The summed E-state index contributed by atoms with van der Waals surface area (Å²) in [6, 6.07) is 20.4. The van der Waals surface area contributed by atoms with Crippen molar-refractivity contribution in [3.8, 4) is 0 Å². The smallest absolute Gasteiger partial charge is 0.272 e. The van der Waals surface area contributed by atoms with Crippen LogP contribution in [-0.2, 0) is 26.1 Å². The van der Waals surface area contributed by atoms with Gasteiger partial charge in [0.05, 0.1) is 16.8 Å². The Labute approximate surface area is 174 Å². The van der Waals surface area contributed by atoms with Gasteiger partial charge >= 0.3 is 0 Å². The lowest BCUT2D eigenvalue weighted by Gasteiger charge is -2.15. The number of hydrogen-bond donors (Lipinski definition) is 2. The van der Waals surface area contributed by atoms with Crippen LogP contribution in [0, 0.1) is 0 Å². The Hall–Kier alpha value is -3.35. The number of benzene rings is 2. The summed E-state index contributed by atoms with van der Waals surface area (Å²) in [4.78, 5) is 18.9. The Bertz CT molecular complexity index is 1190. The molecule has 0 fully saturated rings. The van der Waals surface area contributed by atoms with Gasteiger partial charge in [0.15, 0.2) is 0 Å². The monoisotopic (exact) mass is 400 g/mol. The first-order chi connectivity index (χ1) is 14.8. The Kier molecular flexibility index (Phi) is 5.97. The zero-order valence-electron chi connectivity index (χ0n) is 16.9. The van der Waals surface area contributed by atoms with Crippen molar-refractivity contribution < 1.29 is 5.11 Å². The summed E-state index contributed by atoms with van der Waals surface area (Å²) in [5, 5.41) is 15.5. The van der Waals surface area contributed by atoms with E-state index in [1.54, 1.807) is 0 Å². The minimum Gasteiger partial charge on any atom is -0.400 e. The predicted octanol–water partition coefficient (Wildman–Crippen LogP) is 3.03. The van der Waals surface area contributed by atoms with Crippen LogP contribution in [0.4, 0.5) is 0 Å². The molecule has 0 saturated carbocycles. The third-order valence-electron chi connectivity index (χ3n) is 5.30. The highest BCUT2D eigenvalue weighted by atomic mass is 16.2. The van der Waals surface area contributed by atoms with Crippen LogP contribution >= 0.6 is 0 Å². The van der Waals surface area contributed by atoms with E-state index >= 15 is 0 Å². The molecule has 6 nitrogen and oxygen atoms in total. The van der Waals surface area contributed by atoms with E-state index in [4.69, 9.17) is 5.11 Å². The van der Waals surface area contributed by atoms with Gasteiger partial charge in [0.25, 0.3) is 5.56 Å². The molecule has 3 heterocycles. The SMILES string of the molecule is CO.O=c1[nH]nc(Cc2cccc(CN3Cc4cccnc4C3)c2)c2ccccc12. The standard InChI is InChI=1S/C23H20N4O.CH4O/c28-23-20-9-2-1-8-19(20)21(25-26-23)12-16-5-3-6-17(11-16)13-27-14-18-7-4-10-24-22(18)15-27;1-2/h1-11H,12-15H2,(H,26,28);2H,1H3. The van der Waals surface area contributed by atoms with Gasteiger partial charge in [-0.15, -0.1) is 0 Å². The van der Waals surface area contributed by atoms with Crippen molar-refractivity contribution in [3.05, 3.63) is 105 Å². The number of pyridine rings is 1. The minimum atomic E-state index is -0.143. The van der Waals surface area contributed by atoms with Crippen molar-refractivity contribution in [3.63, 3.8) is 0 Å². The van der Waals surface area contributed by atoms with E-state index in [-0.39, 0.29) is 5.56 Å². The summed E-state index contributed by atoms with van der Waals surface area (Å²) < 4.78 is 0. The van der Waals surface area contributed by atoms with E-state index in [0.717, 1.165) is 37.8 Å². The van der Waals surface area contributed by atoms with Crippen molar-refractivity contribution >= 4 is 10.8 Å². The first kappa shape index (κ1) is 19.9. The van der Waals surface area contributed by atoms with Gasteiger partial charge in [-0.25, -0.2) is 5.10 Å². The normalized spacial score (nSPS) is 13.0. The molecule has 0 aliphatic carbocycles. The van der Waals surface area contributed by atoms with Crippen molar-refractivity contribution in [2.75, 3.05) is 7.11 Å². The second-order valence-corrected chi connectivity index (χ2v) is 7.30. The van der Waals surface area contributed by atoms with E-state index in [2.05, 4.69) is 50.4 Å². The summed E-state index contributed by atoms with van der Waals surface area (Å²) in [5.41, 5.74) is 5.72. The Morgan fingerprint density at radius 2 is 1.77 bits per heavy atom. The molecule has 0 bridgehead atoms. The molecule has 152 valence electrons. The molecule has 2 N–H and O–H groups in total. The third kappa shape index (κ3) is 4.15. The highest BCUT2D eigenvalue weighted by Crippen LogP contribution is 2.23. The molecule has 30 heavy (non-hydrogen) atoms. The van der Waals surface area contributed by atoms with Crippen LogP contribution in [0.15, 0.2) is 71.7 Å². The molecule has 0 atom stereocenters. The van der Waals surface area contributed by atoms with Gasteiger partial charge in [0, 0.05) is 44.7 Å². The molecular weight excluding hydrogens is 376 g/mol. The Balaban J connectivity index is 0.00000106. The van der Waals surface area contributed by atoms with Crippen LogP contribution in [0.5, 0.6) is 0 Å². The van der Waals surface area contributed by atoms with E-state index in [0.29, 0.717) is 11.8 Å². The zero-order valence-corrected chi connectivity index (χ0v) is 16.9. The van der Waals surface area contributed by atoms with Gasteiger partial charge in [0.1, 0.15) is 0 Å². The maximum atomic E-state index is 12.0. The lowest BCUT2D eigenvalue weighted by molar-refractivity contribution is 0.274. The predicted molar refractivity (Wildman–Crippen MR) is 117 cm³/mol. The van der Waals surface area contributed by atoms with Crippen LogP contribution < -0.4 is 5.56 Å². The lowest BCUT2D eigenvalue weighted by atomic mass is 10.0. The number of rotatable bonds is 4. The number of nitrogens with one attached hydrogen (secondary N) is 1. The van der Waals surface area contributed by atoms with Crippen molar-refractivity contribution in [2.45, 2.75) is 26.1 Å². The molecule has 0 saturated heterocycles. The van der Waals surface area contributed by atoms with Gasteiger partial charge in [-0.3, -0.25) is 14.7 Å². The molecule has 0 spiro atoms. The Morgan fingerprint density at radius 3 is 2.60 bits per heavy atom.